The smallest absolute Gasteiger partial charge is 0.263 e. The first-order valence-corrected chi connectivity index (χ1v) is 11.7. The first-order valence-electron chi connectivity index (χ1n) is 11.7. The van der Waals surface area contributed by atoms with Crippen molar-refractivity contribution in [3.8, 4) is 11.8 Å². The normalized spacial score (nSPS) is 14.7. The number of amides is 1. The SMILES string of the molecule is CC/C=C\C=C(/C)CNC(=O)c1cc(C#Cc2ccc(N3CCN(C)CC3)cc2)cn(C)c1=O. The molecule has 1 saturated heterocycles. The summed E-state index contributed by atoms with van der Waals surface area (Å²) in [6.45, 7) is 8.56. The second-order valence-corrected chi connectivity index (χ2v) is 8.68. The fourth-order valence-electron chi connectivity index (χ4n) is 3.65. The molecule has 1 aromatic heterocycles. The number of nitrogens with one attached hydrogen (secondary N) is 1. The second kappa shape index (κ2) is 12.1. The predicted molar refractivity (Wildman–Crippen MR) is 139 cm³/mol. The van der Waals surface area contributed by atoms with E-state index in [9.17, 15) is 9.59 Å². The molecule has 34 heavy (non-hydrogen) atoms. The molecule has 6 nitrogen and oxygen atoms in total. The number of hydrogen-bond acceptors (Lipinski definition) is 4. The summed E-state index contributed by atoms with van der Waals surface area (Å²) in [6.07, 6.45) is 8.59. The Bertz CT molecular complexity index is 1170. The molecule has 1 amide bonds. The van der Waals surface area contributed by atoms with Gasteiger partial charge in [-0.05, 0) is 50.7 Å². The quantitative estimate of drug-likeness (QED) is 0.534. The van der Waals surface area contributed by atoms with Crippen LogP contribution in [0, 0.1) is 11.8 Å². The van der Waals surface area contributed by atoms with Gasteiger partial charge >= 0.3 is 0 Å². The van der Waals surface area contributed by atoms with E-state index in [2.05, 4.69) is 53.1 Å². The summed E-state index contributed by atoms with van der Waals surface area (Å²) in [7, 11) is 3.78. The van der Waals surface area contributed by atoms with Crippen LogP contribution in [0.15, 0.2) is 65.1 Å². The van der Waals surface area contributed by atoms with E-state index in [0.717, 1.165) is 43.7 Å². The third-order valence-electron chi connectivity index (χ3n) is 5.80. The molecule has 0 bridgehead atoms. The summed E-state index contributed by atoms with van der Waals surface area (Å²) >= 11 is 0. The zero-order chi connectivity index (χ0) is 24.5. The van der Waals surface area contributed by atoms with Gasteiger partial charge in [-0.1, -0.05) is 42.6 Å². The zero-order valence-corrected chi connectivity index (χ0v) is 20.6. The maximum absolute atomic E-state index is 12.7. The molecule has 0 aliphatic carbocycles. The molecule has 1 aliphatic heterocycles. The van der Waals surface area contributed by atoms with Gasteiger partial charge < -0.3 is 19.7 Å². The van der Waals surface area contributed by atoms with E-state index < -0.39 is 5.91 Å². The van der Waals surface area contributed by atoms with Crippen LogP contribution in [-0.4, -0.2) is 55.1 Å². The highest BCUT2D eigenvalue weighted by Crippen LogP contribution is 2.16. The predicted octanol–water partition coefficient (Wildman–Crippen LogP) is 3.18. The van der Waals surface area contributed by atoms with Crippen LogP contribution in [0.2, 0.25) is 0 Å². The molecule has 0 atom stereocenters. The number of hydrogen-bond donors (Lipinski definition) is 1. The van der Waals surface area contributed by atoms with Gasteiger partial charge in [0.15, 0.2) is 0 Å². The molecule has 1 aromatic carbocycles. The van der Waals surface area contributed by atoms with Crippen LogP contribution in [0.1, 0.15) is 41.8 Å². The number of anilines is 1. The summed E-state index contributed by atoms with van der Waals surface area (Å²) in [5.41, 5.74) is 3.47. The molecule has 0 unspecified atom stereocenters. The standard InChI is InChI=1S/C28H34N4O2/c1-5-6-7-8-22(2)20-29-27(33)26-19-24(21-31(4)28(26)34)10-9-23-11-13-25(14-12-23)32-17-15-30(3)16-18-32/h6-8,11-14,19,21H,5,15-18,20H2,1-4H3,(H,29,33)/b7-6-,22-8+. The van der Waals surface area contributed by atoms with Crippen LogP contribution in [-0.2, 0) is 7.05 Å². The van der Waals surface area contributed by atoms with Crippen LogP contribution >= 0.6 is 0 Å². The molecule has 1 N–H and O–H groups in total. The number of nitrogens with zero attached hydrogens (tertiary/aromatic N) is 3. The first-order chi connectivity index (χ1) is 16.4. The molecular weight excluding hydrogens is 424 g/mol. The van der Waals surface area contributed by atoms with Gasteiger partial charge in [-0.15, -0.1) is 0 Å². The van der Waals surface area contributed by atoms with Crippen molar-refractivity contribution in [1.29, 1.82) is 0 Å². The maximum atomic E-state index is 12.7. The molecule has 0 radical (unpaired) electrons. The highest BCUT2D eigenvalue weighted by molar-refractivity contribution is 5.94. The lowest BCUT2D eigenvalue weighted by Crippen LogP contribution is -2.44. The van der Waals surface area contributed by atoms with E-state index in [1.54, 1.807) is 19.3 Å². The van der Waals surface area contributed by atoms with Crippen LogP contribution in [0.4, 0.5) is 5.69 Å². The minimum Gasteiger partial charge on any atom is -0.369 e. The molecule has 0 spiro atoms. The Hall–Kier alpha value is -3.56. The topological polar surface area (TPSA) is 57.6 Å². The second-order valence-electron chi connectivity index (χ2n) is 8.68. The molecule has 2 aromatic rings. The first kappa shape index (κ1) is 25.1. The Kier molecular flexibility index (Phi) is 8.89. The summed E-state index contributed by atoms with van der Waals surface area (Å²) in [6, 6.07) is 9.79. The Labute approximate surface area is 202 Å². The van der Waals surface area contributed by atoms with Crippen molar-refractivity contribution in [3.63, 3.8) is 0 Å². The molecule has 1 aliphatic rings. The third kappa shape index (κ3) is 6.97. The van der Waals surface area contributed by atoms with Crippen molar-refractivity contribution in [2.24, 2.45) is 7.05 Å². The minimum atomic E-state index is -0.395. The molecule has 178 valence electrons. The highest BCUT2D eigenvalue weighted by atomic mass is 16.2. The highest BCUT2D eigenvalue weighted by Gasteiger charge is 2.14. The Balaban J connectivity index is 1.70. The monoisotopic (exact) mass is 458 g/mol. The number of carbonyl (C=O) groups excluding carboxylic acids is 1. The number of benzene rings is 1. The fourth-order valence-corrected chi connectivity index (χ4v) is 3.65. The number of allylic oxidation sites excluding steroid dienone is 3. The number of pyridine rings is 1. The Morgan fingerprint density at radius 1 is 1.06 bits per heavy atom. The van der Waals surface area contributed by atoms with Crippen molar-refractivity contribution in [2.75, 3.05) is 44.7 Å². The molecule has 0 saturated carbocycles. The van der Waals surface area contributed by atoms with E-state index in [-0.39, 0.29) is 11.1 Å². The minimum absolute atomic E-state index is 0.0941. The number of aryl methyl sites for hydroxylation is 1. The molecule has 3 rings (SSSR count). The van der Waals surface area contributed by atoms with Crippen LogP contribution in [0.5, 0.6) is 0 Å². The van der Waals surface area contributed by atoms with Gasteiger partial charge in [-0.3, -0.25) is 9.59 Å². The average Bonchev–Trinajstić information content (AvgIpc) is 2.84. The number of aromatic nitrogens is 1. The van der Waals surface area contributed by atoms with E-state index in [0.29, 0.717) is 12.1 Å². The van der Waals surface area contributed by atoms with Crippen molar-refractivity contribution in [1.82, 2.24) is 14.8 Å². The van der Waals surface area contributed by atoms with E-state index >= 15 is 0 Å². The van der Waals surface area contributed by atoms with E-state index in [1.165, 1.54) is 10.3 Å². The van der Waals surface area contributed by atoms with Crippen molar-refractivity contribution >= 4 is 11.6 Å². The number of carbonyl (C=O) groups is 1. The van der Waals surface area contributed by atoms with Gasteiger partial charge in [0.1, 0.15) is 5.56 Å². The summed E-state index contributed by atoms with van der Waals surface area (Å²) in [4.78, 5) is 29.9. The van der Waals surface area contributed by atoms with Gasteiger partial charge in [0, 0.05) is 62.8 Å². The lowest BCUT2D eigenvalue weighted by Gasteiger charge is -2.34. The lowest BCUT2D eigenvalue weighted by molar-refractivity contribution is 0.0955. The van der Waals surface area contributed by atoms with Gasteiger partial charge in [-0.25, -0.2) is 0 Å². The van der Waals surface area contributed by atoms with Gasteiger partial charge in [0.05, 0.1) is 0 Å². The van der Waals surface area contributed by atoms with Crippen molar-refractivity contribution in [2.45, 2.75) is 20.3 Å². The summed E-state index contributed by atoms with van der Waals surface area (Å²) in [5.74, 6) is 5.85. The van der Waals surface area contributed by atoms with Gasteiger partial charge in [0.2, 0.25) is 0 Å². The van der Waals surface area contributed by atoms with Crippen LogP contribution < -0.4 is 15.8 Å². The molecule has 1 fully saturated rings. The molecule has 6 heteroatoms. The number of rotatable bonds is 6. The maximum Gasteiger partial charge on any atom is 0.263 e. The number of piperazine rings is 1. The van der Waals surface area contributed by atoms with Gasteiger partial charge in [-0.2, -0.15) is 0 Å². The van der Waals surface area contributed by atoms with Crippen molar-refractivity contribution < 1.29 is 4.79 Å². The van der Waals surface area contributed by atoms with Gasteiger partial charge in [0.25, 0.3) is 11.5 Å². The lowest BCUT2D eigenvalue weighted by atomic mass is 10.1. The van der Waals surface area contributed by atoms with Crippen LogP contribution in [0.3, 0.4) is 0 Å². The summed E-state index contributed by atoms with van der Waals surface area (Å²) in [5, 5.41) is 2.82. The van der Waals surface area contributed by atoms with E-state index in [1.807, 2.05) is 37.3 Å². The average molecular weight is 459 g/mol. The number of likely N-dealkylation sites (N-methyl/N-ethyl adjacent to an activating group) is 1. The van der Waals surface area contributed by atoms with E-state index in [4.69, 9.17) is 0 Å². The van der Waals surface area contributed by atoms with Crippen LogP contribution in [0.25, 0.3) is 0 Å². The zero-order valence-electron chi connectivity index (χ0n) is 20.6. The molecular formula is C28H34N4O2. The Morgan fingerprint density at radius 3 is 2.41 bits per heavy atom. The Morgan fingerprint density at radius 2 is 1.74 bits per heavy atom. The molecule has 2 heterocycles. The summed E-state index contributed by atoms with van der Waals surface area (Å²) < 4.78 is 1.40. The largest absolute Gasteiger partial charge is 0.369 e. The fraction of sp³-hybridized carbons (Fsp3) is 0.357. The van der Waals surface area contributed by atoms with Crippen molar-refractivity contribution in [3.05, 3.63) is 87.4 Å². The third-order valence-corrected chi connectivity index (χ3v) is 5.80.